The predicted molar refractivity (Wildman–Crippen MR) is 87.4 cm³/mol. The van der Waals surface area contributed by atoms with Crippen LogP contribution in [0.1, 0.15) is 23.0 Å². The van der Waals surface area contributed by atoms with Gasteiger partial charge in [-0.25, -0.2) is 4.68 Å². The molecule has 1 N–H and O–H groups in total. The van der Waals surface area contributed by atoms with E-state index in [1.807, 2.05) is 0 Å². The van der Waals surface area contributed by atoms with E-state index < -0.39 is 48.8 Å². The summed E-state index contributed by atoms with van der Waals surface area (Å²) in [4.78, 5) is 12.2. The summed E-state index contributed by atoms with van der Waals surface area (Å²) in [7, 11) is 0. The van der Waals surface area contributed by atoms with Crippen LogP contribution in [-0.2, 0) is 10.9 Å². The number of aromatic nitrogens is 2. The smallest absolute Gasteiger partial charge is 0.370 e. The van der Waals surface area contributed by atoms with Gasteiger partial charge in [0.1, 0.15) is 6.61 Å². The van der Waals surface area contributed by atoms with Gasteiger partial charge >= 0.3 is 12.4 Å². The quantitative estimate of drug-likeness (QED) is 0.699. The summed E-state index contributed by atoms with van der Waals surface area (Å²) in [6, 6.07) is 4.46. The molecule has 1 amide bonds. The molecule has 28 heavy (non-hydrogen) atoms. The number of benzene rings is 1. The van der Waals surface area contributed by atoms with Crippen LogP contribution in [0.15, 0.2) is 30.5 Å². The van der Waals surface area contributed by atoms with Gasteiger partial charge in [-0.05, 0) is 25.1 Å². The van der Waals surface area contributed by atoms with E-state index >= 15 is 0 Å². The first-order valence-electron chi connectivity index (χ1n) is 7.75. The zero-order chi connectivity index (χ0) is 21.1. The highest BCUT2D eigenvalue weighted by molar-refractivity contribution is 6.30. The lowest BCUT2D eigenvalue weighted by Gasteiger charge is -2.16. The van der Waals surface area contributed by atoms with E-state index in [0.717, 1.165) is 6.20 Å². The molecule has 154 valence electrons. The zero-order valence-electron chi connectivity index (χ0n) is 14.2. The molecule has 1 aromatic heterocycles. The Morgan fingerprint density at radius 1 is 1.29 bits per heavy atom. The van der Waals surface area contributed by atoms with Gasteiger partial charge in [-0.3, -0.25) is 4.79 Å². The Labute approximate surface area is 160 Å². The monoisotopic (exact) mass is 429 g/mol. The Kier molecular flexibility index (Phi) is 6.60. The van der Waals surface area contributed by atoms with E-state index in [2.05, 4.69) is 15.2 Å². The highest BCUT2D eigenvalue weighted by Crippen LogP contribution is 2.34. The number of nitrogens with zero attached hydrogens (tertiary/aromatic N) is 2. The molecular formula is C16H14ClF6N3O2. The van der Waals surface area contributed by atoms with E-state index in [1.54, 1.807) is 0 Å². The number of amides is 1. The number of carbonyl (C=O) groups excluding carboxylic acids is 1. The van der Waals surface area contributed by atoms with Crippen LogP contribution in [-0.4, -0.2) is 41.1 Å². The molecule has 0 aliphatic heterocycles. The largest absolute Gasteiger partial charge is 0.434 e. The number of hydrogen-bond donors (Lipinski definition) is 1. The van der Waals surface area contributed by atoms with Gasteiger partial charge in [0, 0.05) is 11.1 Å². The number of rotatable bonds is 6. The summed E-state index contributed by atoms with van der Waals surface area (Å²) in [5.74, 6) is -1.15. The second-order valence-corrected chi connectivity index (χ2v) is 6.24. The summed E-state index contributed by atoms with van der Waals surface area (Å²) in [6.07, 6.45) is -8.75. The topological polar surface area (TPSA) is 56.1 Å². The van der Waals surface area contributed by atoms with Crippen molar-refractivity contribution in [3.63, 3.8) is 0 Å². The Morgan fingerprint density at radius 3 is 2.54 bits per heavy atom. The maximum absolute atomic E-state index is 13.5. The van der Waals surface area contributed by atoms with Gasteiger partial charge in [0.05, 0.1) is 24.1 Å². The SMILES string of the molecule is CC(COCC(F)(F)F)NC(=O)c1cnn(-c2cccc(Cl)c2)c1C(F)(F)F. The van der Waals surface area contributed by atoms with Crippen molar-refractivity contribution in [2.45, 2.75) is 25.3 Å². The number of hydrogen-bond acceptors (Lipinski definition) is 3. The lowest BCUT2D eigenvalue weighted by molar-refractivity contribution is -0.174. The van der Waals surface area contributed by atoms with Crippen molar-refractivity contribution in [2.75, 3.05) is 13.2 Å². The van der Waals surface area contributed by atoms with Crippen molar-refractivity contribution in [2.24, 2.45) is 0 Å². The van der Waals surface area contributed by atoms with Gasteiger partial charge in [0.2, 0.25) is 0 Å². The number of halogens is 7. The minimum atomic E-state index is -4.93. The van der Waals surface area contributed by atoms with Gasteiger partial charge in [-0.1, -0.05) is 17.7 Å². The van der Waals surface area contributed by atoms with Crippen LogP contribution in [0.5, 0.6) is 0 Å². The molecule has 0 saturated heterocycles. The van der Waals surface area contributed by atoms with Crippen molar-refractivity contribution < 1.29 is 35.9 Å². The number of carbonyl (C=O) groups is 1. The molecule has 0 bridgehead atoms. The highest BCUT2D eigenvalue weighted by Gasteiger charge is 2.40. The molecule has 1 atom stereocenters. The van der Waals surface area contributed by atoms with Crippen LogP contribution in [0.2, 0.25) is 5.02 Å². The van der Waals surface area contributed by atoms with E-state index in [9.17, 15) is 31.1 Å². The van der Waals surface area contributed by atoms with Crippen LogP contribution in [0.25, 0.3) is 5.69 Å². The van der Waals surface area contributed by atoms with Crippen LogP contribution in [0, 0.1) is 0 Å². The Hall–Kier alpha value is -2.27. The third-order valence-corrected chi connectivity index (χ3v) is 3.58. The first kappa shape index (κ1) is 22.0. The van der Waals surface area contributed by atoms with E-state index in [1.165, 1.54) is 31.2 Å². The number of alkyl halides is 6. The van der Waals surface area contributed by atoms with Gasteiger partial charge in [-0.15, -0.1) is 0 Å². The predicted octanol–water partition coefficient (Wildman–Crippen LogP) is 4.24. The van der Waals surface area contributed by atoms with E-state index in [4.69, 9.17) is 11.6 Å². The summed E-state index contributed by atoms with van der Waals surface area (Å²) in [5, 5.41) is 5.94. The van der Waals surface area contributed by atoms with Gasteiger partial charge in [-0.2, -0.15) is 31.4 Å². The van der Waals surface area contributed by atoms with Gasteiger partial charge < -0.3 is 10.1 Å². The molecule has 5 nitrogen and oxygen atoms in total. The number of ether oxygens (including phenoxy) is 1. The fourth-order valence-electron chi connectivity index (χ4n) is 2.29. The fourth-order valence-corrected chi connectivity index (χ4v) is 2.47. The normalized spacial score (nSPS) is 13.4. The minimum Gasteiger partial charge on any atom is -0.370 e. The molecule has 0 fully saturated rings. The molecule has 1 heterocycles. The third-order valence-electron chi connectivity index (χ3n) is 3.35. The average Bonchev–Trinajstić information content (AvgIpc) is 2.99. The maximum Gasteiger partial charge on any atom is 0.434 e. The van der Waals surface area contributed by atoms with Crippen molar-refractivity contribution in [1.82, 2.24) is 15.1 Å². The molecule has 0 aliphatic rings. The standard InChI is InChI=1S/C16H14ClF6N3O2/c1-9(7-28-8-15(18,19)20)25-14(27)12-6-24-26(13(12)16(21,22)23)11-4-2-3-10(17)5-11/h2-6,9H,7-8H2,1H3,(H,25,27). The van der Waals surface area contributed by atoms with Crippen molar-refractivity contribution in [3.05, 3.63) is 46.7 Å². The Balaban J connectivity index is 2.22. The van der Waals surface area contributed by atoms with Crippen molar-refractivity contribution in [3.8, 4) is 5.69 Å². The van der Waals surface area contributed by atoms with Gasteiger partial charge in [0.25, 0.3) is 5.91 Å². The molecule has 0 radical (unpaired) electrons. The zero-order valence-corrected chi connectivity index (χ0v) is 15.0. The molecule has 12 heteroatoms. The molecule has 1 unspecified atom stereocenters. The molecule has 0 saturated carbocycles. The van der Waals surface area contributed by atoms with Crippen LogP contribution >= 0.6 is 11.6 Å². The van der Waals surface area contributed by atoms with Crippen molar-refractivity contribution >= 4 is 17.5 Å². The second-order valence-electron chi connectivity index (χ2n) is 5.80. The first-order chi connectivity index (χ1) is 12.9. The third kappa shape index (κ3) is 5.86. The lowest BCUT2D eigenvalue weighted by Crippen LogP contribution is -2.37. The molecule has 2 aromatic rings. The van der Waals surface area contributed by atoms with Crippen LogP contribution in [0.3, 0.4) is 0 Å². The molecule has 1 aromatic carbocycles. The summed E-state index contributed by atoms with van der Waals surface area (Å²) < 4.78 is 81.7. The fraction of sp³-hybridized carbons (Fsp3) is 0.375. The van der Waals surface area contributed by atoms with Gasteiger partial charge in [0.15, 0.2) is 5.69 Å². The maximum atomic E-state index is 13.5. The lowest BCUT2D eigenvalue weighted by atomic mass is 10.2. The average molecular weight is 430 g/mol. The number of nitrogens with one attached hydrogen (secondary N) is 1. The molecular weight excluding hydrogens is 416 g/mol. The summed E-state index contributed by atoms with van der Waals surface area (Å²) >= 11 is 5.78. The summed E-state index contributed by atoms with van der Waals surface area (Å²) in [5.41, 5.74) is -2.13. The molecule has 0 aliphatic carbocycles. The highest BCUT2D eigenvalue weighted by atomic mass is 35.5. The molecule has 2 rings (SSSR count). The Bertz CT molecular complexity index is 835. The van der Waals surface area contributed by atoms with Crippen LogP contribution < -0.4 is 5.32 Å². The van der Waals surface area contributed by atoms with E-state index in [0.29, 0.717) is 4.68 Å². The first-order valence-corrected chi connectivity index (χ1v) is 8.13. The summed E-state index contributed by atoms with van der Waals surface area (Å²) in [6.45, 7) is -0.772. The van der Waals surface area contributed by atoms with Crippen molar-refractivity contribution in [1.29, 1.82) is 0 Å². The van der Waals surface area contributed by atoms with Crippen LogP contribution in [0.4, 0.5) is 26.3 Å². The second kappa shape index (κ2) is 8.39. The minimum absolute atomic E-state index is 0.0135. The Morgan fingerprint density at radius 2 is 1.96 bits per heavy atom. The van der Waals surface area contributed by atoms with E-state index in [-0.39, 0.29) is 10.7 Å². The molecule has 0 spiro atoms.